The highest BCUT2D eigenvalue weighted by atomic mass is 19.1. The van der Waals surface area contributed by atoms with Gasteiger partial charge in [-0.3, -0.25) is 4.79 Å². The Labute approximate surface area is 255 Å². The molecule has 0 N–H and O–H groups in total. The largest absolute Gasteiger partial charge is 0.294 e. The summed E-state index contributed by atoms with van der Waals surface area (Å²) in [7, 11) is 0. The Morgan fingerprint density at radius 2 is 1.27 bits per heavy atom. The van der Waals surface area contributed by atoms with Crippen molar-refractivity contribution in [2.24, 2.45) is 0 Å². The second kappa shape index (κ2) is 13.0. The first-order valence-corrected chi connectivity index (χ1v) is 13.9. The number of carbonyl (C=O) groups excluding carboxylic acids is 1. The Balaban J connectivity index is 0.000000178. The third-order valence-corrected chi connectivity index (χ3v) is 6.49. The summed E-state index contributed by atoms with van der Waals surface area (Å²) >= 11 is 0. The molecule has 0 aliphatic carbocycles. The fourth-order valence-corrected chi connectivity index (χ4v) is 4.23. The predicted octanol–water partition coefficient (Wildman–Crippen LogP) is 5.88. The van der Waals surface area contributed by atoms with Crippen LogP contribution in [0.3, 0.4) is 0 Å². The molecule has 0 atom stereocenters. The molecule has 0 saturated carbocycles. The van der Waals surface area contributed by atoms with Crippen molar-refractivity contribution in [3.63, 3.8) is 0 Å². The highest BCUT2D eigenvalue weighted by molar-refractivity contribution is 5.97. The second-order valence-corrected chi connectivity index (χ2v) is 10.6. The maximum atomic E-state index is 13.7. The van der Waals surface area contributed by atoms with Gasteiger partial charge in [-0.1, -0.05) is 33.6 Å². The molecule has 0 aliphatic rings. The van der Waals surface area contributed by atoms with Gasteiger partial charge in [0.15, 0.2) is 28.7 Å². The van der Waals surface area contributed by atoms with Crippen molar-refractivity contribution >= 4 is 17.1 Å². The maximum Gasteiger partial charge on any atom is 0.177 e. The van der Waals surface area contributed by atoms with Gasteiger partial charge < -0.3 is 0 Å². The van der Waals surface area contributed by atoms with Crippen LogP contribution in [0, 0.1) is 35.1 Å². The van der Waals surface area contributed by atoms with Crippen molar-refractivity contribution in [3.8, 4) is 11.8 Å². The third kappa shape index (κ3) is 7.01. The van der Waals surface area contributed by atoms with E-state index < -0.39 is 29.1 Å². The molecule has 0 spiro atoms. The molecule has 13 heteroatoms. The molecule has 2 aromatic carbocycles. The van der Waals surface area contributed by atoms with Crippen molar-refractivity contribution < 1.29 is 22.4 Å². The maximum absolute atomic E-state index is 13.7. The molecule has 0 fully saturated rings. The van der Waals surface area contributed by atoms with Crippen LogP contribution in [0.1, 0.15) is 78.5 Å². The molecule has 0 amide bonds. The summed E-state index contributed by atoms with van der Waals surface area (Å²) in [6.45, 7) is 7.91. The first-order chi connectivity index (χ1) is 21.5. The zero-order valence-electron chi connectivity index (χ0n) is 24.6. The molecular formula is C32H26F4N8O. The van der Waals surface area contributed by atoms with Crippen LogP contribution in [0.15, 0.2) is 60.7 Å². The SMILES string of the molecule is CC(C)c1nnc2ccc(C#Cc3ccc(F)cc3F)nn12.CC(C)c1nnc2ccc(CC(=O)c3ccc(F)cc3F)nn12. The van der Waals surface area contributed by atoms with Crippen molar-refractivity contribution in [3.05, 3.63) is 118 Å². The van der Waals surface area contributed by atoms with Crippen LogP contribution in [0.5, 0.6) is 0 Å². The standard InChI is InChI=1S/C16H14F2N4O.C16H12F2N4/c1-9(2)16-20-19-15-6-4-11(21-22(15)16)8-14(23)12-5-3-10(17)7-13(12)18;1-10(2)16-20-19-15-8-7-13(21-22(15)16)6-4-11-3-5-12(17)9-14(11)18/h3-7,9H,8H2,1-2H3;3,5,7-10H,1-2H3. The van der Waals surface area contributed by atoms with Crippen LogP contribution in [-0.2, 0) is 6.42 Å². The van der Waals surface area contributed by atoms with Gasteiger partial charge in [0.25, 0.3) is 0 Å². The van der Waals surface area contributed by atoms with Crippen LogP contribution in [-0.4, -0.2) is 45.4 Å². The van der Waals surface area contributed by atoms with E-state index in [0.29, 0.717) is 34.6 Å². The number of benzene rings is 2. The molecule has 0 saturated heterocycles. The summed E-state index contributed by atoms with van der Waals surface area (Å²) in [5, 5.41) is 24.9. The number of hydrogen-bond donors (Lipinski definition) is 0. The fraction of sp³-hybridized carbons (Fsp3) is 0.219. The lowest BCUT2D eigenvalue weighted by atomic mass is 10.1. The monoisotopic (exact) mass is 614 g/mol. The number of fused-ring (bicyclic) bond motifs is 2. The highest BCUT2D eigenvalue weighted by Gasteiger charge is 2.16. The molecule has 228 valence electrons. The van der Waals surface area contributed by atoms with E-state index in [2.05, 4.69) is 42.4 Å². The zero-order chi connectivity index (χ0) is 32.2. The van der Waals surface area contributed by atoms with Crippen molar-refractivity contribution in [1.82, 2.24) is 39.6 Å². The summed E-state index contributed by atoms with van der Waals surface area (Å²) in [5.74, 6) is 3.75. The second-order valence-electron chi connectivity index (χ2n) is 10.6. The van der Waals surface area contributed by atoms with E-state index >= 15 is 0 Å². The molecule has 4 aromatic heterocycles. The van der Waals surface area contributed by atoms with Gasteiger partial charge in [0.1, 0.15) is 29.0 Å². The van der Waals surface area contributed by atoms with Crippen LogP contribution in [0.4, 0.5) is 17.6 Å². The van der Waals surface area contributed by atoms with Crippen molar-refractivity contribution in [2.75, 3.05) is 0 Å². The van der Waals surface area contributed by atoms with Crippen LogP contribution in [0.2, 0.25) is 0 Å². The van der Waals surface area contributed by atoms with Gasteiger partial charge in [-0.15, -0.1) is 20.4 Å². The Bertz CT molecular complexity index is 2090. The quantitative estimate of drug-likeness (QED) is 0.136. The first-order valence-electron chi connectivity index (χ1n) is 13.9. The summed E-state index contributed by atoms with van der Waals surface area (Å²) in [5.41, 5.74) is 2.10. The smallest absolute Gasteiger partial charge is 0.177 e. The third-order valence-electron chi connectivity index (χ3n) is 6.49. The average Bonchev–Trinajstić information content (AvgIpc) is 3.61. The van der Waals surface area contributed by atoms with E-state index in [1.807, 2.05) is 27.7 Å². The molecule has 0 aliphatic heterocycles. The lowest BCUT2D eigenvalue weighted by Crippen LogP contribution is -2.10. The number of nitrogens with zero attached hydrogens (tertiary/aromatic N) is 8. The number of aromatic nitrogens is 8. The first kappa shape index (κ1) is 30.9. The van der Waals surface area contributed by atoms with Crippen LogP contribution < -0.4 is 0 Å². The summed E-state index contributed by atoms with van der Waals surface area (Å²) in [6, 6.07) is 12.9. The van der Waals surface area contributed by atoms with E-state index in [1.54, 1.807) is 33.3 Å². The minimum Gasteiger partial charge on any atom is -0.294 e. The molecule has 45 heavy (non-hydrogen) atoms. The van der Waals surface area contributed by atoms with Gasteiger partial charge in [-0.2, -0.15) is 19.2 Å². The van der Waals surface area contributed by atoms with Crippen LogP contribution in [0.25, 0.3) is 11.3 Å². The Morgan fingerprint density at radius 1 is 0.689 bits per heavy atom. The Morgan fingerprint density at radius 3 is 1.87 bits per heavy atom. The fourth-order valence-electron chi connectivity index (χ4n) is 4.23. The Kier molecular flexibility index (Phi) is 8.94. The van der Waals surface area contributed by atoms with Crippen molar-refractivity contribution in [1.29, 1.82) is 0 Å². The van der Waals surface area contributed by atoms with E-state index in [-0.39, 0.29) is 29.4 Å². The van der Waals surface area contributed by atoms with Crippen LogP contribution >= 0.6 is 0 Å². The topological polar surface area (TPSA) is 103 Å². The van der Waals surface area contributed by atoms with Gasteiger partial charge in [0.05, 0.1) is 23.2 Å². The van der Waals surface area contributed by atoms with Gasteiger partial charge >= 0.3 is 0 Å². The predicted molar refractivity (Wildman–Crippen MR) is 156 cm³/mol. The molecular weight excluding hydrogens is 588 g/mol. The number of carbonyl (C=O) groups is 1. The molecule has 0 unspecified atom stereocenters. The summed E-state index contributed by atoms with van der Waals surface area (Å²) < 4.78 is 56.2. The van der Waals surface area contributed by atoms with Gasteiger partial charge in [0, 0.05) is 24.0 Å². The average molecular weight is 615 g/mol. The normalized spacial score (nSPS) is 11.1. The molecule has 0 radical (unpaired) electrons. The van der Waals surface area contributed by atoms with Gasteiger partial charge in [-0.25, -0.2) is 17.6 Å². The molecule has 0 bridgehead atoms. The number of hydrogen-bond acceptors (Lipinski definition) is 7. The molecule has 6 aromatic rings. The van der Waals surface area contributed by atoms with E-state index in [1.165, 1.54) is 12.1 Å². The number of ketones is 1. The molecule has 4 heterocycles. The lowest BCUT2D eigenvalue weighted by Gasteiger charge is -2.05. The number of halogens is 4. The van der Waals surface area contributed by atoms with E-state index in [0.717, 1.165) is 24.0 Å². The highest BCUT2D eigenvalue weighted by Crippen LogP contribution is 2.16. The lowest BCUT2D eigenvalue weighted by molar-refractivity contribution is 0.0987. The molecule has 9 nitrogen and oxygen atoms in total. The zero-order valence-corrected chi connectivity index (χ0v) is 24.6. The van der Waals surface area contributed by atoms with Gasteiger partial charge in [0.2, 0.25) is 0 Å². The molecule has 6 rings (SSSR count). The summed E-state index contributed by atoms with van der Waals surface area (Å²) in [6.07, 6.45) is -0.0891. The minimum absolute atomic E-state index is 0.0891. The van der Waals surface area contributed by atoms with E-state index in [4.69, 9.17) is 0 Å². The summed E-state index contributed by atoms with van der Waals surface area (Å²) in [4.78, 5) is 12.2. The van der Waals surface area contributed by atoms with E-state index in [9.17, 15) is 22.4 Å². The van der Waals surface area contributed by atoms with Gasteiger partial charge in [-0.05, 0) is 54.5 Å². The minimum atomic E-state index is -0.872. The number of rotatable bonds is 5. The van der Waals surface area contributed by atoms with Crippen molar-refractivity contribution in [2.45, 2.75) is 46.0 Å². The Hall–Kier alpha value is -5.51. The number of Topliss-reactive ketones (excluding diaryl/α,β-unsaturated/α-hetero) is 1.